The SMILES string of the molecule is CC1C2=CC(C(C)(C)C)=CC1=c1ccccc1=C1C=C(C(C)(C)C)C=C(c3ccccc32)C1C. The number of rotatable bonds is 0. The highest BCUT2D eigenvalue weighted by atomic mass is 14.4. The van der Waals surface area contributed by atoms with Gasteiger partial charge in [0.1, 0.15) is 0 Å². The molecule has 0 heterocycles. The largest absolute Gasteiger partial charge is 0.0616 e. The highest BCUT2D eigenvalue weighted by molar-refractivity contribution is 5.94. The molecule has 2 unspecified atom stereocenters. The Kier molecular flexibility index (Phi) is 5.28. The van der Waals surface area contributed by atoms with E-state index in [9.17, 15) is 0 Å². The van der Waals surface area contributed by atoms with Gasteiger partial charge in [-0.3, -0.25) is 0 Å². The van der Waals surface area contributed by atoms with Crippen LogP contribution in [0.3, 0.4) is 0 Å². The third-order valence-electron chi connectivity index (χ3n) is 7.94. The summed E-state index contributed by atoms with van der Waals surface area (Å²) in [5, 5.41) is 2.77. The molecular weight excluding hydrogens is 408 g/mol. The summed E-state index contributed by atoms with van der Waals surface area (Å²) < 4.78 is 0. The maximum Gasteiger partial charge on any atom is 0.00735 e. The molecule has 3 aliphatic rings. The maximum absolute atomic E-state index is 2.48. The van der Waals surface area contributed by atoms with Gasteiger partial charge in [0.2, 0.25) is 0 Å². The molecule has 3 aliphatic carbocycles. The van der Waals surface area contributed by atoms with Crippen molar-refractivity contribution in [3.63, 3.8) is 0 Å². The quantitative estimate of drug-likeness (QED) is 0.389. The summed E-state index contributed by atoms with van der Waals surface area (Å²) in [7, 11) is 0. The van der Waals surface area contributed by atoms with Crippen molar-refractivity contribution in [2.75, 3.05) is 0 Å². The Balaban J connectivity index is 2.04. The van der Waals surface area contributed by atoms with E-state index in [0.29, 0.717) is 11.8 Å². The Bertz CT molecular complexity index is 1310. The van der Waals surface area contributed by atoms with Crippen LogP contribution in [-0.4, -0.2) is 0 Å². The summed E-state index contributed by atoms with van der Waals surface area (Å²) in [6.45, 7) is 18.8. The van der Waals surface area contributed by atoms with E-state index in [1.54, 1.807) is 0 Å². The van der Waals surface area contributed by atoms with Crippen molar-refractivity contribution in [2.45, 2.75) is 55.4 Å². The van der Waals surface area contributed by atoms with Crippen molar-refractivity contribution in [3.8, 4) is 0 Å². The molecule has 2 aromatic carbocycles. The van der Waals surface area contributed by atoms with Gasteiger partial charge in [-0.25, -0.2) is 0 Å². The molecule has 0 N–H and O–H groups in total. The van der Waals surface area contributed by atoms with Crippen molar-refractivity contribution >= 4 is 22.3 Å². The van der Waals surface area contributed by atoms with Gasteiger partial charge in [-0.2, -0.15) is 0 Å². The summed E-state index contributed by atoms with van der Waals surface area (Å²) in [5.41, 5.74) is 11.5. The van der Waals surface area contributed by atoms with Crippen LogP contribution in [0.4, 0.5) is 0 Å². The first-order valence-electron chi connectivity index (χ1n) is 12.8. The number of allylic oxidation sites excluding steroid dienone is 8. The fraction of sp³-hybridized carbons (Fsp3) is 0.353. The fourth-order valence-electron chi connectivity index (χ4n) is 5.67. The van der Waals surface area contributed by atoms with Crippen molar-refractivity contribution in [2.24, 2.45) is 22.7 Å². The van der Waals surface area contributed by atoms with Crippen LogP contribution in [0.1, 0.15) is 66.5 Å². The lowest BCUT2D eigenvalue weighted by atomic mass is 9.70. The van der Waals surface area contributed by atoms with Crippen molar-refractivity contribution < 1.29 is 0 Å². The first kappa shape index (κ1) is 22.9. The number of hydrogen-bond donors (Lipinski definition) is 0. The third-order valence-corrected chi connectivity index (χ3v) is 7.94. The first-order valence-corrected chi connectivity index (χ1v) is 12.8. The molecule has 0 heteroatoms. The van der Waals surface area contributed by atoms with Crippen LogP contribution in [0, 0.1) is 22.7 Å². The summed E-state index contributed by atoms with van der Waals surface area (Å²) in [4.78, 5) is 0. The summed E-state index contributed by atoms with van der Waals surface area (Å²) in [6, 6.07) is 18.2. The van der Waals surface area contributed by atoms with Crippen LogP contribution >= 0.6 is 0 Å². The predicted octanol–water partition coefficient (Wildman–Crippen LogP) is 7.71. The summed E-state index contributed by atoms with van der Waals surface area (Å²) in [6.07, 6.45) is 9.93. The molecule has 5 rings (SSSR count). The highest BCUT2D eigenvalue weighted by Gasteiger charge is 2.31. The monoisotopic (exact) mass is 446 g/mol. The molecule has 2 atom stereocenters. The second-order valence-corrected chi connectivity index (χ2v) is 12.3. The molecule has 34 heavy (non-hydrogen) atoms. The molecule has 0 amide bonds. The smallest absolute Gasteiger partial charge is 0.00735 e. The average molecular weight is 447 g/mol. The van der Waals surface area contributed by atoms with E-state index < -0.39 is 0 Å². The van der Waals surface area contributed by atoms with Gasteiger partial charge in [0, 0.05) is 11.8 Å². The third kappa shape index (κ3) is 3.68. The molecule has 0 aliphatic heterocycles. The molecular formula is C34H38. The molecule has 174 valence electrons. The molecule has 0 spiro atoms. The minimum Gasteiger partial charge on any atom is -0.0616 e. The summed E-state index contributed by atoms with van der Waals surface area (Å²) in [5.74, 6) is 0.657. The Morgan fingerprint density at radius 2 is 0.853 bits per heavy atom. The van der Waals surface area contributed by atoms with E-state index in [2.05, 4.69) is 128 Å². The van der Waals surface area contributed by atoms with Crippen LogP contribution in [-0.2, 0) is 0 Å². The zero-order valence-electron chi connectivity index (χ0n) is 22.1. The molecule has 0 nitrogen and oxygen atoms in total. The Morgan fingerprint density at radius 3 is 1.21 bits per heavy atom. The van der Waals surface area contributed by atoms with Gasteiger partial charge < -0.3 is 0 Å². The Hall–Kier alpha value is -2.86. The molecule has 0 fully saturated rings. The molecule has 0 aromatic heterocycles. The van der Waals surface area contributed by atoms with E-state index in [1.807, 2.05) is 0 Å². The second kappa shape index (κ2) is 7.84. The normalized spacial score (nSPS) is 22.1. The standard InChI is InChI=1S/C34H38/c1-21-29-17-23(33(3,4)5)18-30(21)26-14-10-12-16-28(26)32-20-24(34(6,7)8)19-31(22(32)2)27-15-11-9-13-25(27)29/h9-22H,1-8H3. The number of fused-ring (bicyclic) bond motifs is 8. The van der Waals surface area contributed by atoms with E-state index in [-0.39, 0.29) is 10.8 Å². The lowest BCUT2D eigenvalue weighted by Gasteiger charge is -2.34. The maximum atomic E-state index is 2.48. The second-order valence-electron chi connectivity index (χ2n) is 12.3. The van der Waals surface area contributed by atoms with E-state index >= 15 is 0 Å². The van der Waals surface area contributed by atoms with Crippen LogP contribution in [0.15, 0.2) is 84.0 Å². The Morgan fingerprint density at radius 1 is 0.500 bits per heavy atom. The van der Waals surface area contributed by atoms with Crippen molar-refractivity contribution in [1.29, 1.82) is 0 Å². The van der Waals surface area contributed by atoms with Gasteiger partial charge in [0.05, 0.1) is 0 Å². The minimum absolute atomic E-state index is 0.0829. The van der Waals surface area contributed by atoms with Crippen molar-refractivity contribution in [3.05, 3.63) is 106 Å². The average Bonchev–Trinajstić information content (AvgIpc) is 2.77. The zero-order valence-corrected chi connectivity index (χ0v) is 22.1. The van der Waals surface area contributed by atoms with E-state index in [1.165, 1.54) is 55.0 Å². The molecule has 4 bridgehead atoms. The predicted molar refractivity (Wildman–Crippen MR) is 148 cm³/mol. The molecule has 2 aromatic rings. The van der Waals surface area contributed by atoms with Gasteiger partial charge >= 0.3 is 0 Å². The number of hydrogen-bond acceptors (Lipinski definition) is 0. The Labute approximate surface area is 205 Å². The zero-order chi connectivity index (χ0) is 24.4. The lowest BCUT2D eigenvalue weighted by Crippen LogP contribution is -2.34. The molecule has 0 saturated carbocycles. The van der Waals surface area contributed by atoms with Crippen molar-refractivity contribution in [1.82, 2.24) is 0 Å². The van der Waals surface area contributed by atoms with E-state index in [4.69, 9.17) is 0 Å². The number of benzene rings is 2. The van der Waals surface area contributed by atoms with E-state index in [0.717, 1.165) is 0 Å². The van der Waals surface area contributed by atoms with Crippen LogP contribution < -0.4 is 10.4 Å². The van der Waals surface area contributed by atoms with Crippen LogP contribution in [0.5, 0.6) is 0 Å². The topological polar surface area (TPSA) is 0 Å². The lowest BCUT2D eigenvalue weighted by molar-refractivity contribution is 0.515. The first-order chi connectivity index (χ1) is 16.0. The van der Waals surface area contributed by atoms with Gasteiger partial charge in [-0.05, 0) is 65.8 Å². The highest BCUT2D eigenvalue weighted by Crippen LogP contribution is 2.46. The van der Waals surface area contributed by atoms with Gasteiger partial charge in [-0.15, -0.1) is 0 Å². The minimum atomic E-state index is 0.0829. The fourth-order valence-corrected chi connectivity index (χ4v) is 5.67. The van der Waals surface area contributed by atoms with Crippen LogP contribution in [0.2, 0.25) is 0 Å². The van der Waals surface area contributed by atoms with Gasteiger partial charge in [0.15, 0.2) is 0 Å². The summed E-state index contributed by atoms with van der Waals surface area (Å²) >= 11 is 0. The molecule has 0 radical (unpaired) electrons. The van der Waals surface area contributed by atoms with Gasteiger partial charge in [-0.1, -0.05) is 128 Å². The van der Waals surface area contributed by atoms with Crippen LogP contribution in [0.25, 0.3) is 22.3 Å². The molecule has 0 saturated heterocycles. The van der Waals surface area contributed by atoms with Gasteiger partial charge in [0.25, 0.3) is 0 Å².